The molecule has 2 amide bonds. The lowest BCUT2D eigenvalue weighted by atomic mass is 9.90. The van der Waals surface area contributed by atoms with Gasteiger partial charge in [-0.1, -0.05) is 42.5 Å². The van der Waals surface area contributed by atoms with Gasteiger partial charge in [-0.25, -0.2) is 8.78 Å². The minimum absolute atomic E-state index is 0.0477. The molecule has 0 radical (unpaired) electrons. The van der Waals surface area contributed by atoms with Crippen LogP contribution in [0, 0.1) is 17.6 Å². The number of hydrogen-bond acceptors (Lipinski definition) is 3. The molecule has 0 aromatic heterocycles. The summed E-state index contributed by atoms with van der Waals surface area (Å²) < 4.78 is 27.7. The number of amides is 2. The van der Waals surface area contributed by atoms with Crippen LogP contribution in [0.5, 0.6) is 0 Å². The smallest absolute Gasteiger partial charge is 0.237 e. The Morgan fingerprint density at radius 3 is 2.50 bits per heavy atom. The van der Waals surface area contributed by atoms with Crippen molar-refractivity contribution in [3.05, 3.63) is 71.3 Å². The highest BCUT2D eigenvalue weighted by molar-refractivity contribution is 5.88. The number of piperazine rings is 1. The number of likely N-dealkylation sites (tertiary alicyclic amines) is 1. The summed E-state index contributed by atoms with van der Waals surface area (Å²) in [5.74, 6) is -1.55. The van der Waals surface area contributed by atoms with E-state index < -0.39 is 17.7 Å². The maximum atomic E-state index is 14.1. The van der Waals surface area contributed by atoms with Gasteiger partial charge in [0.25, 0.3) is 0 Å². The molecule has 2 aliphatic heterocycles. The first kappa shape index (κ1) is 22.4. The fraction of sp³-hybridized carbons (Fsp3) is 0.440. The van der Waals surface area contributed by atoms with Crippen LogP contribution in [0.15, 0.2) is 48.5 Å². The lowest BCUT2D eigenvalue weighted by Crippen LogP contribution is -2.56. The molecule has 2 fully saturated rings. The quantitative estimate of drug-likeness (QED) is 0.750. The topological polar surface area (TPSA) is 52.7 Å². The number of carbonyl (C=O) groups excluding carboxylic acids is 2. The maximum absolute atomic E-state index is 14.1. The average molecular weight is 442 g/mol. The molecule has 2 heterocycles. The molecule has 0 aliphatic carbocycles. The van der Waals surface area contributed by atoms with Crippen molar-refractivity contribution in [3.8, 4) is 0 Å². The molecule has 1 N–H and O–H groups in total. The van der Waals surface area contributed by atoms with Gasteiger partial charge in [-0.3, -0.25) is 14.5 Å². The summed E-state index contributed by atoms with van der Waals surface area (Å²) in [4.78, 5) is 29.1. The molecular formula is C25H29F2N3O2. The van der Waals surface area contributed by atoms with E-state index in [1.807, 2.05) is 23.1 Å². The monoisotopic (exact) mass is 441 g/mol. The van der Waals surface area contributed by atoms with Gasteiger partial charge in [0.1, 0.15) is 0 Å². The standard InChI is InChI=1S/C25H29F2N3O2/c26-21-8-4-7-20(24(21)27)17-30-14-11-28-25(32)22(30)16-23(31)29-12-9-19(10-13-29)15-18-5-2-1-3-6-18/h1-8,19,22H,9-17H2,(H,28,32)/t22-/m0/s1. The van der Waals surface area contributed by atoms with E-state index in [9.17, 15) is 18.4 Å². The van der Waals surface area contributed by atoms with E-state index in [-0.39, 0.29) is 30.3 Å². The Hall–Kier alpha value is -2.80. The molecule has 2 aliphatic rings. The fourth-order valence-corrected chi connectivity index (χ4v) is 4.69. The summed E-state index contributed by atoms with van der Waals surface area (Å²) in [5, 5.41) is 2.80. The minimum atomic E-state index is -0.907. The van der Waals surface area contributed by atoms with Crippen molar-refractivity contribution in [1.29, 1.82) is 0 Å². The van der Waals surface area contributed by atoms with Crippen LogP contribution in [0.3, 0.4) is 0 Å². The molecule has 0 bridgehead atoms. The van der Waals surface area contributed by atoms with E-state index >= 15 is 0 Å². The Bertz CT molecular complexity index is 945. The molecule has 2 aromatic carbocycles. The molecule has 4 rings (SSSR count). The third-order valence-electron chi connectivity index (χ3n) is 6.55. The van der Waals surface area contributed by atoms with Crippen LogP contribution in [-0.4, -0.2) is 53.8 Å². The van der Waals surface area contributed by atoms with E-state index in [1.54, 1.807) is 4.90 Å². The Morgan fingerprint density at radius 1 is 1.00 bits per heavy atom. The van der Waals surface area contributed by atoms with Gasteiger partial charge < -0.3 is 10.2 Å². The van der Waals surface area contributed by atoms with Crippen LogP contribution in [-0.2, 0) is 22.6 Å². The molecule has 7 heteroatoms. The number of halogens is 2. The summed E-state index contributed by atoms with van der Waals surface area (Å²) in [5.41, 5.74) is 1.51. The van der Waals surface area contributed by atoms with Gasteiger partial charge in [-0.05, 0) is 36.8 Å². The van der Waals surface area contributed by atoms with Crippen LogP contribution >= 0.6 is 0 Å². The lowest BCUT2D eigenvalue weighted by Gasteiger charge is -2.37. The zero-order chi connectivity index (χ0) is 22.5. The second-order valence-corrected chi connectivity index (χ2v) is 8.71. The van der Waals surface area contributed by atoms with Gasteiger partial charge in [0, 0.05) is 38.3 Å². The Labute approximate surface area is 187 Å². The van der Waals surface area contributed by atoms with Gasteiger partial charge in [0.15, 0.2) is 11.6 Å². The number of benzene rings is 2. The van der Waals surface area contributed by atoms with Crippen LogP contribution in [0.4, 0.5) is 8.78 Å². The third kappa shape index (κ3) is 5.33. The highest BCUT2D eigenvalue weighted by atomic mass is 19.2. The van der Waals surface area contributed by atoms with Gasteiger partial charge in [0.05, 0.1) is 12.5 Å². The van der Waals surface area contributed by atoms with Crippen molar-refractivity contribution in [2.24, 2.45) is 5.92 Å². The number of nitrogens with one attached hydrogen (secondary N) is 1. The van der Waals surface area contributed by atoms with Crippen molar-refractivity contribution in [2.75, 3.05) is 26.2 Å². The number of nitrogens with zero attached hydrogens (tertiary/aromatic N) is 2. The first-order valence-corrected chi connectivity index (χ1v) is 11.3. The first-order valence-electron chi connectivity index (χ1n) is 11.3. The summed E-state index contributed by atoms with van der Waals surface area (Å²) in [6, 6.07) is 13.7. The minimum Gasteiger partial charge on any atom is -0.353 e. The third-order valence-corrected chi connectivity index (χ3v) is 6.55. The van der Waals surface area contributed by atoms with Gasteiger partial charge in [-0.15, -0.1) is 0 Å². The molecule has 2 saturated heterocycles. The highest BCUT2D eigenvalue weighted by Gasteiger charge is 2.34. The summed E-state index contributed by atoms with van der Waals surface area (Å²) in [6.45, 7) is 2.37. The van der Waals surface area contributed by atoms with Crippen LogP contribution in [0.25, 0.3) is 0 Å². The molecule has 170 valence electrons. The lowest BCUT2D eigenvalue weighted by molar-refractivity contribution is -0.140. The van der Waals surface area contributed by atoms with Crippen LogP contribution in [0.1, 0.15) is 30.4 Å². The molecule has 32 heavy (non-hydrogen) atoms. The van der Waals surface area contributed by atoms with E-state index in [0.717, 1.165) is 25.3 Å². The maximum Gasteiger partial charge on any atom is 0.237 e. The van der Waals surface area contributed by atoms with Crippen molar-refractivity contribution in [3.63, 3.8) is 0 Å². The van der Waals surface area contributed by atoms with E-state index in [4.69, 9.17) is 0 Å². The van der Waals surface area contributed by atoms with Crippen molar-refractivity contribution >= 4 is 11.8 Å². The summed E-state index contributed by atoms with van der Waals surface area (Å²) in [6.07, 6.45) is 2.94. The molecule has 5 nitrogen and oxygen atoms in total. The van der Waals surface area contributed by atoms with Gasteiger partial charge >= 0.3 is 0 Å². The van der Waals surface area contributed by atoms with Crippen molar-refractivity contribution in [2.45, 2.75) is 38.3 Å². The zero-order valence-corrected chi connectivity index (χ0v) is 18.1. The second-order valence-electron chi connectivity index (χ2n) is 8.71. The predicted molar refractivity (Wildman–Crippen MR) is 118 cm³/mol. The van der Waals surface area contributed by atoms with Crippen molar-refractivity contribution < 1.29 is 18.4 Å². The molecule has 2 aromatic rings. The molecule has 0 spiro atoms. The number of carbonyl (C=O) groups is 2. The molecule has 0 unspecified atom stereocenters. The number of hydrogen-bond donors (Lipinski definition) is 1. The Balaban J connectivity index is 1.34. The summed E-state index contributed by atoms with van der Waals surface area (Å²) >= 11 is 0. The molecule has 1 atom stereocenters. The van der Waals surface area contributed by atoms with Gasteiger partial charge in [-0.2, -0.15) is 0 Å². The average Bonchev–Trinajstić information content (AvgIpc) is 2.80. The SMILES string of the molecule is O=C1NCCN(Cc2cccc(F)c2F)[C@H]1CC(=O)N1CCC(Cc2ccccc2)CC1. The highest BCUT2D eigenvalue weighted by Crippen LogP contribution is 2.24. The van der Waals surface area contributed by atoms with E-state index in [2.05, 4.69) is 17.4 Å². The molecular weight excluding hydrogens is 412 g/mol. The zero-order valence-electron chi connectivity index (χ0n) is 18.1. The fourth-order valence-electron chi connectivity index (χ4n) is 4.69. The van der Waals surface area contributed by atoms with Crippen LogP contribution < -0.4 is 5.32 Å². The Morgan fingerprint density at radius 2 is 1.75 bits per heavy atom. The largest absolute Gasteiger partial charge is 0.353 e. The van der Waals surface area contributed by atoms with E-state index in [0.29, 0.717) is 32.1 Å². The summed E-state index contributed by atoms with van der Waals surface area (Å²) in [7, 11) is 0. The van der Waals surface area contributed by atoms with Crippen LogP contribution in [0.2, 0.25) is 0 Å². The predicted octanol–water partition coefficient (Wildman–Crippen LogP) is 3.14. The molecule has 0 saturated carbocycles. The first-order chi connectivity index (χ1) is 15.5. The van der Waals surface area contributed by atoms with Gasteiger partial charge in [0.2, 0.25) is 11.8 Å². The number of piperidine rings is 1. The second kappa shape index (κ2) is 10.2. The normalized spacial score (nSPS) is 20.2. The Kier molecular flexibility index (Phi) is 7.15. The van der Waals surface area contributed by atoms with E-state index in [1.165, 1.54) is 17.7 Å². The number of rotatable bonds is 6. The van der Waals surface area contributed by atoms with Crippen molar-refractivity contribution in [1.82, 2.24) is 15.1 Å².